The monoisotopic (exact) mass is 376 g/mol. The van der Waals surface area contributed by atoms with Crippen LogP contribution in [0.5, 0.6) is 0 Å². The van der Waals surface area contributed by atoms with Crippen LogP contribution >= 0.6 is 0 Å². The Balaban J connectivity index is 1.32. The molecule has 0 aliphatic carbocycles. The largest absolute Gasteiger partial charge is 0.403 e. The van der Waals surface area contributed by atoms with Gasteiger partial charge in [-0.05, 0) is 37.5 Å². The van der Waals surface area contributed by atoms with E-state index in [-0.39, 0.29) is 17.9 Å². The number of rotatable bonds is 5. The Kier molecular flexibility index (Phi) is 5.37. The molecule has 1 fully saturated rings. The molecule has 0 spiro atoms. The number of carbonyl (C=O) groups is 1. The Labute approximate surface area is 164 Å². The number of anilines is 1. The van der Waals surface area contributed by atoms with Crippen molar-refractivity contribution in [2.24, 2.45) is 5.92 Å². The first kappa shape index (κ1) is 18.2. The summed E-state index contributed by atoms with van der Waals surface area (Å²) in [6.07, 6.45) is 1.55. The summed E-state index contributed by atoms with van der Waals surface area (Å²) in [5.74, 6) is 0.651. The molecule has 6 nitrogen and oxygen atoms in total. The highest BCUT2D eigenvalue weighted by Gasteiger charge is 2.28. The Morgan fingerprint density at radius 2 is 1.68 bits per heavy atom. The molecular weight excluding hydrogens is 352 g/mol. The average molecular weight is 376 g/mol. The lowest BCUT2D eigenvalue weighted by molar-refractivity contribution is -0.126. The van der Waals surface area contributed by atoms with Crippen LogP contribution in [0.1, 0.15) is 31.4 Å². The fourth-order valence-corrected chi connectivity index (χ4v) is 3.53. The molecule has 0 saturated carbocycles. The van der Waals surface area contributed by atoms with Crippen molar-refractivity contribution in [2.45, 2.75) is 25.8 Å². The van der Waals surface area contributed by atoms with Crippen LogP contribution in [0.15, 0.2) is 65.1 Å². The molecule has 2 aromatic carbocycles. The second-order valence-electron chi connectivity index (χ2n) is 7.16. The van der Waals surface area contributed by atoms with E-state index < -0.39 is 0 Å². The Morgan fingerprint density at radius 1 is 1.04 bits per heavy atom. The van der Waals surface area contributed by atoms with Gasteiger partial charge in [-0.15, -0.1) is 5.10 Å². The van der Waals surface area contributed by atoms with Crippen molar-refractivity contribution in [2.75, 3.05) is 18.0 Å². The van der Waals surface area contributed by atoms with E-state index in [4.69, 9.17) is 4.42 Å². The Hall–Kier alpha value is -3.15. The van der Waals surface area contributed by atoms with Gasteiger partial charge in [0.05, 0.1) is 6.04 Å². The maximum absolute atomic E-state index is 12.6. The summed E-state index contributed by atoms with van der Waals surface area (Å²) in [6.45, 7) is 3.48. The summed E-state index contributed by atoms with van der Waals surface area (Å²) < 4.78 is 5.83. The van der Waals surface area contributed by atoms with E-state index in [1.807, 2.05) is 67.6 Å². The predicted molar refractivity (Wildman–Crippen MR) is 108 cm³/mol. The van der Waals surface area contributed by atoms with E-state index in [2.05, 4.69) is 20.4 Å². The van der Waals surface area contributed by atoms with E-state index in [1.165, 1.54) is 0 Å². The third kappa shape index (κ3) is 4.06. The van der Waals surface area contributed by atoms with Crippen LogP contribution in [0.4, 0.5) is 6.01 Å². The summed E-state index contributed by atoms with van der Waals surface area (Å²) in [7, 11) is 0. The van der Waals surface area contributed by atoms with Gasteiger partial charge in [0.15, 0.2) is 0 Å². The van der Waals surface area contributed by atoms with Crippen LogP contribution in [0.3, 0.4) is 0 Å². The lowest BCUT2D eigenvalue weighted by Crippen LogP contribution is -2.41. The molecule has 2 heterocycles. The lowest BCUT2D eigenvalue weighted by Gasteiger charge is -2.30. The summed E-state index contributed by atoms with van der Waals surface area (Å²) in [5.41, 5.74) is 2.03. The van der Waals surface area contributed by atoms with Crippen molar-refractivity contribution in [3.8, 4) is 11.5 Å². The Morgan fingerprint density at radius 3 is 2.36 bits per heavy atom. The smallest absolute Gasteiger partial charge is 0.318 e. The average Bonchev–Trinajstić information content (AvgIpc) is 3.25. The van der Waals surface area contributed by atoms with Crippen molar-refractivity contribution >= 4 is 11.9 Å². The topological polar surface area (TPSA) is 71.3 Å². The normalized spacial score (nSPS) is 16.0. The van der Waals surface area contributed by atoms with Gasteiger partial charge >= 0.3 is 6.01 Å². The van der Waals surface area contributed by atoms with E-state index in [0.29, 0.717) is 11.9 Å². The van der Waals surface area contributed by atoms with Crippen molar-refractivity contribution in [3.05, 3.63) is 66.2 Å². The number of nitrogens with zero attached hydrogens (tertiary/aromatic N) is 3. The van der Waals surface area contributed by atoms with Gasteiger partial charge in [0, 0.05) is 24.6 Å². The number of aromatic nitrogens is 2. The number of hydrogen-bond donors (Lipinski definition) is 1. The second-order valence-corrected chi connectivity index (χ2v) is 7.16. The molecule has 28 heavy (non-hydrogen) atoms. The molecule has 4 rings (SSSR count). The highest BCUT2D eigenvalue weighted by Crippen LogP contribution is 2.26. The van der Waals surface area contributed by atoms with E-state index in [0.717, 1.165) is 37.1 Å². The number of amides is 1. The summed E-state index contributed by atoms with van der Waals surface area (Å²) in [5, 5.41) is 11.5. The van der Waals surface area contributed by atoms with E-state index in [1.54, 1.807) is 0 Å². The van der Waals surface area contributed by atoms with Crippen LogP contribution in [-0.4, -0.2) is 29.2 Å². The second kappa shape index (κ2) is 8.25. The van der Waals surface area contributed by atoms with E-state index >= 15 is 0 Å². The number of benzene rings is 2. The van der Waals surface area contributed by atoms with Crippen molar-refractivity contribution in [3.63, 3.8) is 0 Å². The van der Waals surface area contributed by atoms with Crippen LogP contribution in [0.2, 0.25) is 0 Å². The van der Waals surface area contributed by atoms with Gasteiger partial charge in [-0.2, -0.15) is 0 Å². The molecule has 1 aliphatic rings. The molecule has 1 atom stereocenters. The molecular formula is C22H24N4O2. The molecule has 0 unspecified atom stereocenters. The van der Waals surface area contributed by atoms with Gasteiger partial charge in [-0.25, -0.2) is 0 Å². The van der Waals surface area contributed by atoms with Gasteiger partial charge in [0.2, 0.25) is 11.8 Å². The zero-order chi connectivity index (χ0) is 19.3. The third-order valence-corrected chi connectivity index (χ3v) is 5.23. The Bertz CT molecular complexity index is 903. The number of piperidine rings is 1. The first-order valence-electron chi connectivity index (χ1n) is 9.70. The van der Waals surface area contributed by atoms with Gasteiger partial charge in [0.25, 0.3) is 0 Å². The molecule has 6 heteroatoms. The zero-order valence-corrected chi connectivity index (χ0v) is 15.9. The SMILES string of the molecule is C[C@@H](NC(=O)C1CCN(c2nnc(-c3ccccc3)o2)CC1)c1ccccc1. The molecule has 1 saturated heterocycles. The van der Waals surface area contributed by atoms with E-state index in [9.17, 15) is 4.79 Å². The molecule has 1 aliphatic heterocycles. The highest BCUT2D eigenvalue weighted by atomic mass is 16.4. The van der Waals surface area contributed by atoms with Crippen LogP contribution in [0, 0.1) is 5.92 Å². The standard InChI is InChI=1S/C22H24N4O2/c1-16(17-8-4-2-5-9-17)23-20(27)18-12-14-26(15-13-18)22-25-24-21(28-22)19-10-6-3-7-11-19/h2-11,16,18H,12-15H2,1H3,(H,23,27)/t16-/m1/s1. The minimum absolute atomic E-state index is 0.0103. The summed E-state index contributed by atoms with van der Waals surface area (Å²) >= 11 is 0. The summed E-state index contributed by atoms with van der Waals surface area (Å²) in [6, 6.07) is 20.3. The van der Waals surface area contributed by atoms with Crippen molar-refractivity contribution < 1.29 is 9.21 Å². The maximum Gasteiger partial charge on any atom is 0.318 e. The van der Waals surface area contributed by atoms with Gasteiger partial charge in [-0.3, -0.25) is 4.79 Å². The number of carbonyl (C=O) groups excluding carboxylic acids is 1. The zero-order valence-electron chi connectivity index (χ0n) is 15.9. The highest BCUT2D eigenvalue weighted by molar-refractivity contribution is 5.79. The fraction of sp³-hybridized carbons (Fsp3) is 0.318. The molecule has 144 valence electrons. The van der Waals surface area contributed by atoms with Crippen LogP contribution in [-0.2, 0) is 4.79 Å². The molecule has 1 N–H and O–H groups in total. The van der Waals surface area contributed by atoms with Gasteiger partial charge in [0.1, 0.15) is 0 Å². The fourth-order valence-electron chi connectivity index (χ4n) is 3.53. The van der Waals surface area contributed by atoms with Gasteiger partial charge < -0.3 is 14.6 Å². The number of nitrogens with one attached hydrogen (secondary N) is 1. The van der Waals surface area contributed by atoms with Crippen molar-refractivity contribution in [1.29, 1.82) is 0 Å². The first-order valence-corrected chi connectivity index (χ1v) is 9.70. The quantitative estimate of drug-likeness (QED) is 0.733. The first-order chi connectivity index (χ1) is 13.7. The molecule has 3 aromatic rings. The van der Waals surface area contributed by atoms with Crippen LogP contribution in [0.25, 0.3) is 11.5 Å². The molecule has 1 amide bonds. The minimum Gasteiger partial charge on any atom is -0.403 e. The molecule has 0 radical (unpaired) electrons. The maximum atomic E-state index is 12.6. The number of hydrogen-bond acceptors (Lipinski definition) is 5. The minimum atomic E-state index is 0.0103. The predicted octanol–water partition coefficient (Wildman–Crippen LogP) is 3.83. The third-order valence-electron chi connectivity index (χ3n) is 5.23. The van der Waals surface area contributed by atoms with Crippen LogP contribution < -0.4 is 10.2 Å². The summed E-state index contributed by atoms with van der Waals surface area (Å²) in [4.78, 5) is 14.7. The molecule has 0 bridgehead atoms. The van der Waals surface area contributed by atoms with Crippen molar-refractivity contribution in [1.82, 2.24) is 15.5 Å². The lowest BCUT2D eigenvalue weighted by atomic mass is 9.95. The molecule has 1 aromatic heterocycles. The van der Waals surface area contributed by atoms with Gasteiger partial charge in [-0.1, -0.05) is 53.6 Å².